The van der Waals surface area contributed by atoms with Crippen LogP contribution < -0.4 is 10.6 Å². The fourth-order valence-corrected chi connectivity index (χ4v) is 4.75. The molecule has 168 valence electrons. The number of halogens is 2. The molecule has 3 N–H and O–H groups in total. The minimum atomic E-state index is -0.416. The molecule has 2 atom stereocenters. The van der Waals surface area contributed by atoms with Gasteiger partial charge >= 0.3 is 6.03 Å². The molecular formula is C22H25ClFN7O. The minimum absolute atomic E-state index is 0.0182. The molecule has 2 amide bonds. The molecule has 2 aliphatic rings. The highest BCUT2D eigenvalue weighted by Gasteiger charge is 2.26. The van der Waals surface area contributed by atoms with Crippen molar-refractivity contribution in [2.45, 2.75) is 50.6 Å². The summed E-state index contributed by atoms with van der Waals surface area (Å²) >= 11 is 6.00. The summed E-state index contributed by atoms with van der Waals surface area (Å²) in [5, 5.41) is 6.77. The van der Waals surface area contributed by atoms with E-state index in [4.69, 9.17) is 11.6 Å². The van der Waals surface area contributed by atoms with Gasteiger partial charge in [0.25, 0.3) is 0 Å². The first-order valence-electron chi connectivity index (χ1n) is 11.0. The van der Waals surface area contributed by atoms with Crippen molar-refractivity contribution in [2.75, 3.05) is 18.4 Å². The maximum Gasteiger partial charge on any atom is 0.317 e. The summed E-state index contributed by atoms with van der Waals surface area (Å²) in [6.45, 7) is 1.66. The van der Waals surface area contributed by atoms with Crippen LogP contribution in [0.15, 0.2) is 24.7 Å². The predicted molar refractivity (Wildman–Crippen MR) is 121 cm³/mol. The molecule has 3 aromatic rings. The lowest BCUT2D eigenvalue weighted by molar-refractivity contribution is 0.200. The topological polar surface area (TPSA) is 98.8 Å². The van der Waals surface area contributed by atoms with Crippen LogP contribution in [0.4, 0.5) is 14.9 Å². The lowest BCUT2D eigenvalue weighted by Crippen LogP contribution is -2.47. The van der Waals surface area contributed by atoms with Crippen LogP contribution in [0, 0.1) is 5.82 Å². The van der Waals surface area contributed by atoms with Gasteiger partial charge in [0.2, 0.25) is 0 Å². The molecule has 8 nitrogen and oxygen atoms in total. The van der Waals surface area contributed by atoms with E-state index < -0.39 is 5.82 Å². The summed E-state index contributed by atoms with van der Waals surface area (Å²) in [5.74, 6) is -0.416. The van der Waals surface area contributed by atoms with E-state index in [1.165, 1.54) is 12.4 Å². The fraction of sp³-hybridized carbons (Fsp3) is 0.455. The molecular weight excluding hydrogens is 433 g/mol. The van der Waals surface area contributed by atoms with E-state index in [0.29, 0.717) is 28.1 Å². The maximum atomic E-state index is 14.6. The monoisotopic (exact) mass is 457 g/mol. The number of hydrogen-bond donors (Lipinski definition) is 3. The Balaban J connectivity index is 1.30. The van der Waals surface area contributed by atoms with Gasteiger partial charge in [-0.25, -0.2) is 19.2 Å². The number of pyridine rings is 1. The second-order valence-corrected chi connectivity index (χ2v) is 8.88. The van der Waals surface area contributed by atoms with Crippen molar-refractivity contribution in [3.05, 3.63) is 35.6 Å². The second-order valence-electron chi connectivity index (χ2n) is 8.49. The van der Waals surface area contributed by atoms with Crippen LogP contribution in [0.3, 0.4) is 0 Å². The van der Waals surface area contributed by atoms with Gasteiger partial charge in [0.1, 0.15) is 10.7 Å². The van der Waals surface area contributed by atoms with Crippen molar-refractivity contribution in [3.63, 3.8) is 0 Å². The zero-order valence-electron chi connectivity index (χ0n) is 17.6. The van der Waals surface area contributed by atoms with E-state index in [0.717, 1.165) is 51.6 Å². The van der Waals surface area contributed by atoms with E-state index in [2.05, 4.69) is 30.6 Å². The van der Waals surface area contributed by atoms with Crippen LogP contribution in [0.25, 0.3) is 22.4 Å². The Hall–Kier alpha value is -2.94. The molecule has 5 rings (SSSR count). The summed E-state index contributed by atoms with van der Waals surface area (Å²) in [4.78, 5) is 30.1. The molecule has 1 aliphatic carbocycles. The number of anilines is 1. The summed E-state index contributed by atoms with van der Waals surface area (Å²) in [6, 6.07) is 1.86. The third-order valence-electron chi connectivity index (χ3n) is 6.24. The molecule has 1 aliphatic heterocycles. The zero-order valence-corrected chi connectivity index (χ0v) is 18.3. The number of nitrogens with one attached hydrogen (secondary N) is 3. The van der Waals surface area contributed by atoms with Crippen molar-refractivity contribution in [3.8, 4) is 11.3 Å². The van der Waals surface area contributed by atoms with E-state index in [1.807, 2.05) is 4.90 Å². The quantitative estimate of drug-likeness (QED) is 0.541. The third kappa shape index (κ3) is 4.34. The van der Waals surface area contributed by atoms with Gasteiger partial charge in [0, 0.05) is 36.9 Å². The Morgan fingerprint density at radius 2 is 1.97 bits per heavy atom. The van der Waals surface area contributed by atoms with Crippen molar-refractivity contribution in [2.24, 2.45) is 0 Å². The molecule has 2 fully saturated rings. The molecule has 10 heteroatoms. The molecule has 0 spiro atoms. The van der Waals surface area contributed by atoms with Crippen molar-refractivity contribution >= 4 is 34.5 Å². The average Bonchev–Trinajstić information content (AvgIpc) is 3.46. The molecule has 0 bridgehead atoms. The first-order chi connectivity index (χ1) is 15.6. The van der Waals surface area contributed by atoms with Gasteiger partial charge in [-0.3, -0.25) is 4.98 Å². The molecule has 4 heterocycles. The summed E-state index contributed by atoms with van der Waals surface area (Å²) in [5.41, 5.74) is 2.85. The van der Waals surface area contributed by atoms with Gasteiger partial charge in [-0.15, -0.1) is 0 Å². The number of hydrogen-bond acceptors (Lipinski definition) is 5. The van der Waals surface area contributed by atoms with Gasteiger partial charge in [-0.1, -0.05) is 11.6 Å². The van der Waals surface area contributed by atoms with Crippen LogP contribution in [0.1, 0.15) is 38.5 Å². The van der Waals surface area contributed by atoms with E-state index in [9.17, 15) is 9.18 Å². The SMILES string of the molecule is O=C(N[C@@H]1CCCC(Nc2cc(-c3c[nH]c4ncc(Cl)nc34)ncc2F)C1)N1CCCC1. The number of aromatic amines is 1. The Labute approximate surface area is 190 Å². The number of likely N-dealkylation sites (tertiary alicyclic amines) is 1. The standard InChI is InChI=1S/C22H25ClFN7O/c23-19-12-27-21-20(30-19)15(10-26-21)17-9-18(16(24)11-25-17)28-13-4-3-5-14(8-13)29-22(32)31-6-1-2-7-31/h9-14H,1-8H2,(H,25,28)(H,26,27)(H,29,32)/t13?,14-/m1/s1. The molecule has 1 saturated carbocycles. The van der Waals surface area contributed by atoms with Crippen LogP contribution >= 0.6 is 11.6 Å². The molecule has 32 heavy (non-hydrogen) atoms. The number of nitrogens with zero attached hydrogens (tertiary/aromatic N) is 4. The number of rotatable bonds is 4. The van der Waals surface area contributed by atoms with E-state index in [-0.39, 0.29) is 23.3 Å². The lowest BCUT2D eigenvalue weighted by Gasteiger charge is -2.32. The Morgan fingerprint density at radius 1 is 1.16 bits per heavy atom. The normalized spacial score (nSPS) is 21.1. The molecule has 1 saturated heterocycles. The van der Waals surface area contributed by atoms with E-state index in [1.54, 1.807) is 12.3 Å². The van der Waals surface area contributed by atoms with Gasteiger partial charge in [0.05, 0.1) is 23.8 Å². The Morgan fingerprint density at radius 3 is 2.81 bits per heavy atom. The number of carbonyl (C=O) groups excluding carboxylic acids is 1. The van der Waals surface area contributed by atoms with Gasteiger partial charge in [0.15, 0.2) is 11.5 Å². The summed E-state index contributed by atoms with van der Waals surface area (Å²) < 4.78 is 14.6. The maximum absolute atomic E-state index is 14.6. The number of H-pyrrole nitrogens is 1. The van der Waals surface area contributed by atoms with Crippen LogP contribution in [-0.2, 0) is 0 Å². The highest BCUT2D eigenvalue weighted by molar-refractivity contribution is 6.29. The largest absolute Gasteiger partial charge is 0.380 e. The Kier molecular flexibility index (Phi) is 5.82. The first-order valence-corrected chi connectivity index (χ1v) is 11.4. The Bertz CT molecular complexity index is 1130. The fourth-order valence-electron chi connectivity index (χ4n) is 4.62. The first kappa shape index (κ1) is 20.9. The number of amides is 2. The van der Waals surface area contributed by atoms with Gasteiger partial charge in [-0.05, 0) is 44.6 Å². The van der Waals surface area contributed by atoms with Crippen molar-refractivity contribution in [1.82, 2.24) is 30.2 Å². The smallest absolute Gasteiger partial charge is 0.317 e. The molecule has 3 aromatic heterocycles. The predicted octanol–water partition coefficient (Wildman–Crippen LogP) is 4.34. The summed E-state index contributed by atoms with van der Waals surface area (Å²) in [6.07, 6.45) is 10.2. The second kappa shape index (κ2) is 8.90. The number of fused-ring (bicyclic) bond motifs is 1. The average molecular weight is 458 g/mol. The van der Waals surface area contributed by atoms with Gasteiger partial charge < -0.3 is 20.5 Å². The molecule has 0 radical (unpaired) electrons. The minimum Gasteiger partial charge on any atom is -0.380 e. The lowest BCUT2D eigenvalue weighted by atomic mass is 9.91. The van der Waals surface area contributed by atoms with Crippen molar-refractivity contribution in [1.29, 1.82) is 0 Å². The van der Waals surface area contributed by atoms with Crippen LogP contribution in [0.5, 0.6) is 0 Å². The number of carbonyl (C=O) groups is 1. The summed E-state index contributed by atoms with van der Waals surface area (Å²) in [7, 11) is 0. The van der Waals surface area contributed by atoms with Crippen LogP contribution in [-0.4, -0.2) is 56.0 Å². The highest BCUT2D eigenvalue weighted by atomic mass is 35.5. The molecule has 1 unspecified atom stereocenters. The zero-order chi connectivity index (χ0) is 22.1. The molecule has 0 aromatic carbocycles. The third-order valence-corrected chi connectivity index (χ3v) is 6.42. The number of aromatic nitrogens is 4. The van der Waals surface area contributed by atoms with Crippen molar-refractivity contribution < 1.29 is 9.18 Å². The van der Waals surface area contributed by atoms with Crippen LogP contribution in [0.2, 0.25) is 5.15 Å². The van der Waals surface area contributed by atoms with Gasteiger partial charge in [-0.2, -0.15) is 0 Å². The van der Waals surface area contributed by atoms with E-state index >= 15 is 0 Å². The highest BCUT2D eigenvalue weighted by Crippen LogP contribution is 2.30. The number of urea groups is 1.